The zero-order valence-corrected chi connectivity index (χ0v) is 5.05. The first-order valence-corrected chi connectivity index (χ1v) is 2.23. The summed E-state index contributed by atoms with van der Waals surface area (Å²) >= 11 is 0. The molecule has 0 unspecified atom stereocenters. The maximum atomic E-state index is 4.63. The van der Waals surface area contributed by atoms with Crippen molar-refractivity contribution in [2.24, 2.45) is 0 Å². The van der Waals surface area contributed by atoms with Gasteiger partial charge in [0.05, 0.1) is 13.7 Å². The van der Waals surface area contributed by atoms with Crippen LogP contribution in [0.25, 0.3) is 0 Å². The molecule has 0 atom stereocenters. The SMILES string of the molecule is COCCOOOC. The van der Waals surface area contributed by atoms with Gasteiger partial charge in [0, 0.05) is 7.11 Å². The van der Waals surface area contributed by atoms with Gasteiger partial charge in [0.25, 0.3) is 0 Å². The molecule has 4 nitrogen and oxygen atoms in total. The van der Waals surface area contributed by atoms with E-state index in [9.17, 15) is 0 Å². The Hall–Kier alpha value is -0.160. The molecule has 4 heteroatoms. The smallest absolute Gasteiger partial charge is 0.109 e. The summed E-state index contributed by atoms with van der Waals surface area (Å²) in [6, 6.07) is 0. The van der Waals surface area contributed by atoms with Crippen LogP contribution in [0.15, 0.2) is 0 Å². The van der Waals surface area contributed by atoms with E-state index in [0.717, 1.165) is 0 Å². The highest BCUT2D eigenvalue weighted by Gasteiger charge is 1.83. The Morgan fingerprint density at radius 3 is 2.38 bits per heavy atom. The van der Waals surface area contributed by atoms with Crippen molar-refractivity contribution in [1.82, 2.24) is 0 Å². The van der Waals surface area contributed by atoms with Crippen LogP contribution < -0.4 is 0 Å². The van der Waals surface area contributed by atoms with Crippen LogP contribution in [0, 0.1) is 0 Å². The first-order chi connectivity index (χ1) is 3.91. The van der Waals surface area contributed by atoms with Gasteiger partial charge in [-0.05, 0) is 0 Å². The largest absolute Gasteiger partial charge is 0.382 e. The summed E-state index contributed by atoms with van der Waals surface area (Å²) in [4.78, 5) is 8.49. The highest BCUT2D eigenvalue weighted by Crippen LogP contribution is 1.76. The van der Waals surface area contributed by atoms with Crippen LogP contribution in [0.3, 0.4) is 0 Å². The van der Waals surface area contributed by atoms with E-state index in [2.05, 4.69) is 19.6 Å². The molecule has 0 aromatic heterocycles. The fourth-order valence-electron chi connectivity index (χ4n) is 0.199. The Labute approximate surface area is 48.1 Å². The normalized spacial score (nSPS) is 9.75. The second-order valence-electron chi connectivity index (χ2n) is 1.05. The molecule has 0 aliphatic carbocycles. The van der Waals surface area contributed by atoms with E-state index >= 15 is 0 Å². The Balaban J connectivity index is 2.53. The first kappa shape index (κ1) is 7.84. The van der Waals surface area contributed by atoms with Crippen LogP contribution in [0.5, 0.6) is 0 Å². The molecule has 0 bridgehead atoms. The third kappa shape index (κ3) is 5.84. The maximum Gasteiger partial charge on any atom is 0.109 e. The zero-order chi connectivity index (χ0) is 6.24. The molecule has 0 amide bonds. The van der Waals surface area contributed by atoms with Crippen molar-refractivity contribution < 1.29 is 19.6 Å². The molecule has 0 aliphatic heterocycles. The molecule has 0 N–H and O–H groups in total. The van der Waals surface area contributed by atoms with E-state index in [1.165, 1.54) is 7.11 Å². The molecule has 0 saturated carbocycles. The summed E-state index contributed by atoms with van der Waals surface area (Å²) < 4.78 is 4.63. The summed E-state index contributed by atoms with van der Waals surface area (Å²) in [6.45, 7) is 0.883. The Bertz CT molecular complexity index is 33.0. The molecule has 0 heterocycles. The fourth-order valence-corrected chi connectivity index (χ4v) is 0.199. The topological polar surface area (TPSA) is 36.9 Å². The van der Waals surface area contributed by atoms with Gasteiger partial charge in [-0.2, -0.15) is 0 Å². The molecule has 0 aromatic rings. The number of hydrogen-bond donors (Lipinski definition) is 0. The minimum Gasteiger partial charge on any atom is -0.382 e. The molecule has 0 saturated heterocycles. The second kappa shape index (κ2) is 6.84. The molecule has 50 valence electrons. The van der Waals surface area contributed by atoms with Crippen molar-refractivity contribution >= 4 is 0 Å². The molecule has 0 fully saturated rings. The van der Waals surface area contributed by atoms with E-state index in [4.69, 9.17) is 0 Å². The van der Waals surface area contributed by atoms with Gasteiger partial charge >= 0.3 is 0 Å². The predicted molar refractivity (Wildman–Crippen MR) is 25.9 cm³/mol. The van der Waals surface area contributed by atoms with Gasteiger partial charge in [-0.15, -0.1) is 0 Å². The third-order valence-corrected chi connectivity index (χ3v) is 0.487. The van der Waals surface area contributed by atoms with Gasteiger partial charge in [-0.25, -0.2) is 9.78 Å². The van der Waals surface area contributed by atoms with Crippen LogP contribution in [-0.2, 0) is 19.6 Å². The summed E-state index contributed by atoms with van der Waals surface area (Å²) in [5.74, 6) is 0. The van der Waals surface area contributed by atoms with Crippen molar-refractivity contribution in [1.29, 1.82) is 0 Å². The monoisotopic (exact) mass is 122 g/mol. The van der Waals surface area contributed by atoms with Gasteiger partial charge in [-0.1, -0.05) is 5.04 Å². The van der Waals surface area contributed by atoms with Crippen LogP contribution >= 0.6 is 0 Å². The van der Waals surface area contributed by atoms with Crippen LogP contribution in [-0.4, -0.2) is 27.4 Å². The highest BCUT2D eigenvalue weighted by atomic mass is 17.5. The molecule has 0 radical (unpaired) electrons. The molecular formula is C4H10O4. The lowest BCUT2D eigenvalue weighted by Crippen LogP contribution is -2.01. The number of hydrogen-bond acceptors (Lipinski definition) is 4. The average molecular weight is 122 g/mol. The molecule has 0 aromatic carbocycles. The lowest BCUT2D eigenvalue weighted by atomic mass is 10.8. The summed E-state index contributed by atoms with van der Waals surface area (Å²) in [5, 5.41) is 4.06. The number of rotatable bonds is 5. The van der Waals surface area contributed by atoms with E-state index < -0.39 is 0 Å². The number of ether oxygens (including phenoxy) is 1. The van der Waals surface area contributed by atoms with Crippen molar-refractivity contribution in [3.05, 3.63) is 0 Å². The Morgan fingerprint density at radius 1 is 1.12 bits per heavy atom. The van der Waals surface area contributed by atoms with Crippen LogP contribution in [0.2, 0.25) is 0 Å². The number of methoxy groups -OCH3 is 1. The van der Waals surface area contributed by atoms with Crippen molar-refractivity contribution in [2.45, 2.75) is 0 Å². The Morgan fingerprint density at radius 2 is 1.88 bits per heavy atom. The van der Waals surface area contributed by atoms with Gasteiger partial charge in [0.1, 0.15) is 6.61 Å². The minimum atomic E-state index is 0.379. The fraction of sp³-hybridized carbons (Fsp3) is 1.00. The van der Waals surface area contributed by atoms with Crippen LogP contribution in [0.1, 0.15) is 0 Å². The molecule has 8 heavy (non-hydrogen) atoms. The molecule has 0 rings (SSSR count). The van der Waals surface area contributed by atoms with Crippen molar-refractivity contribution in [3.8, 4) is 0 Å². The van der Waals surface area contributed by atoms with Gasteiger partial charge < -0.3 is 4.74 Å². The third-order valence-electron chi connectivity index (χ3n) is 0.487. The van der Waals surface area contributed by atoms with Crippen molar-refractivity contribution in [2.75, 3.05) is 27.4 Å². The van der Waals surface area contributed by atoms with Gasteiger partial charge in [0.15, 0.2) is 0 Å². The summed E-state index contributed by atoms with van der Waals surface area (Å²) in [6.07, 6.45) is 0. The molecular weight excluding hydrogens is 112 g/mol. The van der Waals surface area contributed by atoms with E-state index in [-0.39, 0.29) is 0 Å². The van der Waals surface area contributed by atoms with E-state index in [0.29, 0.717) is 13.2 Å². The van der Waals surface area contributed by atoms with E-state index in [1.807, 2.05) is 0 Å². The molecule has 0 aliphatic rings. The van der Waals surface area contributed by atoms with Gasteiger partial charge in [-0.3, -0.25) is 0 Å². The van der Waals surface area contributed by atoms with Crippen LogP contribution in [0.4, 0.5) is 0 Å². The lowest BCUT2D eigenvalue weighted by Gasteiger charge is -1.96. The summed E-state index contributed by atoms with van der Waals surface area (Å²) in [7, 11) is 2.95. The quantitative estimate of drug-likeness (QED) is 0.295. The predicted octanol–water partition coefficient (Wildman–Crippen LogP) is 0.142. The summed E-state index contributed by atoms with van der Waals surface area (Å²) in [5.41, 5.74) is 0. The Kier molecular flexibility index (Phi) is 6.70. The minimum absolute atomic E-state index is 0.379. The van der Waals surface area contributed by atoms with E-state index in [1.54, 1.807) is 7.11 Å². The first-order valence-electron chi connectivity index (χ1n) is 2.23. The lowest BCUT2D eigenvalue weighted by molar-refractivity contribution is -0.503. The zero-order valence-electron chi connectivity index (χ0n) is 5.05. The second-order valence-corrected chi connectivity index (χ2v) is 1.05. The van der Waals surface area contributed by atoms with Crippen molar-refractivity contribution in [3.63, 3.8) is 0 Å². The molecule has 0 spiro atoms. The average Bonchev–Trinajstić information content (AvgIpc) is 1.81. The maximum absolute atomic E-state index is 4.63. The highest BCUT2D eigenvalue weighted by molar-refractivity contribution is 4.15. The standard InChI is InChI=1S/C4H10O4/c1-5-3-4-7-8-6-2/h3-4H2,1-2H3. The van der Waals surface area contributed by atoms with Gasteiger partial charge in [0.2, 0.25) is 0 Å².